The van der Waals surface area contributed by atoms with E-state index in [1.807, 2.05) is 45.9 Å². The maximum atomic E-state index is 10.9. The van der Waals surface area contributed by atoms with Gasteiger partial charge in [-0.05, 0) is 39.2 Å². The van der Waals surface area contributed by atoms with Crippen molar-refractivity contribution in [3.63, 3.8) is 0 Å². The molecule has 0 spiro atoms. The van der Waals surface area contributed by atoms with Crippen LogP contribution in [0.3, 0.4) is 0 Å². The van der Waals surface area contributed by atoms with E-state index in [9.17, 15) is 9.90 Å². The van der Waals surface area contributed by atoms with E-state index in [1.165, 1.54) is 0 Å². The summed E-state index contributed by atoms with van der Waals surface area (Å²) in [6.45, 7) is 8.12. The van der Waals surface area contributed by atoms with Crippen LogP contribution in [-0.4, -0.2) is 35.5 Å². The summed E-state index contributed by atoms with van der Waals surface area (Å²) in [6.07, 6.45) is 0.742. The number of hydrogen-bond acceptors (Lipinski definition) is 4. The lowest BCUT2D eigenvalue weighted by Gasteiger charge is -2.30. The summed E-state index contributed by atoms with van der Waals surface area (Å²) in [5.74, 6) is 0.664. The van der Waals surface area contributed by atoms with Crippen molar-refractivity contribution in [3.05, 3.63) is 23.8 Å². The van der Waals surface area contributed by atoms with Crippen LogP contribution in [0.25, 0.3) is 0 Å². The van der Waals surface area contributed by atoms with Gasteiger partial charge in [0.1, 0.15) is 5.75 Å². The fraction of sp³-hybridized carbons (Fsp3) is 0.611. The largest absolute Gasteiger partial charge is 0.495 e. The highest BCUT2D eigenvalue weighted by Crippen LogP contribution is 2.39. The normalized spacial score (nSPS) is 11.9. The second kappa shape index (κ2) is 8.24. The summed E-state index contributed by atoms with van der Waals surface area (Å²) in [5, 5.41) is 25.6. The van der Waals surface area contributed by atoms with Crippen molar-refractivity contribution in [3.8, 4) is 5.75 Å². The van der Waals surface area contributed by atoms with Gasteiger partial charge in [0.05, 0.1) is 18.4 Å². The van der Waals surface area contributed by atoms with Crippen molar-refractivity contribution in [1.29, 1.82) is 0 Å². The number of ether oxygens (including phenoxy) is 1. The molecule has 0 saturated carbocycles. The van der Waals surface area contributed by atoms with Crippen LogP contribution >= 0.6 is 0 Å². The van der Waals surface area contributed by atoms with Crippen LogP contribution in [0.1, 0.15) is 52.5 Å². The number of nitrogens with one attached hydrogen (secondary N) is 2. The number of para-hydroxylation sites is 1. The van der Waals surface area contributed by atoms with E-state index in [-0.39, 0.29) is 0 Å². The highest BCUT2D eigenvalue weighted by Gasteiger charge is 2.29. The Morgan fingerprint density at radius 2 is 1.88 bits per heavy atom. The van der Waals surface area contributed by atoms with Gasteiger partial charge >= 0.3 is 6.09 Å². The number of aliphatic hydroxyl groups is 1. The second-order valence-corrected chi connectivity index (χ2v) is 6.61. The van der Waals surface area contributed by atoms with E-state index in [4.69, 9.17) is 9.84 Å². The SMILES string of the molecule is CCC(O)(CC)c1cccc(OC)c1NCCC(C)(C)NC(=O)O. The van der Waals surface area contributed by atoms with Gasteiger partial charge in [-0.2, -0.15) is 0 Å². The molecule has 6 heteroatoms. The summed E-state index contributed by atoms with van der Waals surface area (Å²) >= 11 is 0. The fourth-order valence-electron chi connectivity index (χ4n) is 2.75. The van der Waals surface area contributed by atoms with Crippen LogP contribution in [0.4, 0.5) is 10.5 Å². The molecule has 0 bridgehead atoms. The van der Waals surface area contributed by atoms with Crippen molar-refractivity contribution in [2.45, 2.75) is 58.1 Å². The van der Waals surface area contributed by atoms with Crippen molar-refractivity contribution in [2.75, 3.05) is 19.0 Å². The summed E-state index contributed by atoms with van der Waals surface area (Å²) in [7, 11) is 1.59. The van der Waals surface area contributed by atoms with Gasteiger partial charge in [0.25, 0.3) is 0 Å². The number of methoxy groups -OCH3 is 1. The molecule has 0 atom stereocenters. The Morgan fingerprint density at radius 3 is 2.38 bits per heavy atom. The monoisotopic (exact) mass is 338 g/mol. The summed E-state index contributed by atoms with van der Waals surface area (Å²) < 4.78 is 5.43. The topological polar surface area (TPSA) is 90.8 Å². The zero-order chi connectivity index (χ0) is 18.4. The lowest BCUT2D eigenvalue weighted by molar-refractivity contribution is 0.0289. The van der Waals surface area contributed by atoms with Crippen molar-refractivity contribution in [1.82, 2.24) is 5.32 Å². The van der Waals surface area contributed by atoms with E-state index in [1.54, 1.807) is 7.11 Å². The minimum absolute atomic E-state index is 0.546. The first-order valence-corrected chi connectivity index (χ1v) is 8.34. The summed E-state index contributed by atoms with van der Waals surface area (Å²) in [5.41, 5.74) is 0.0894. The molecule has 6 nitrogen and oxygen atoms in total. The van der Waals surface area contributed by atoms with Crippen molar-refractivity contribution < 1.29 is 19.7 Å². The fourth-order valence-corrected chi connectivity index (χ4v) is 2.75. The van der Waals surface area contributed by atoms with Gasteiger partial charge in [-0.3, -0.25) is 0 Å². The van der Waals surface area contributed by atoms with E-state index in [0.29, 0.717) is 31.6 Å². The lowest BCUT2D eigenvalue weighted by Crippen LogP contribution is -2.43. The standard InChI is InChI=1S/C18H30N2O4/c1-6-18(23,7-2)13-9-8-10-14(24-5)15(13)19-12-11-17(3,4)20-16(21)22/h8-10,19-20,23H,6-7,11-12H2,1-5H3,(H,21,22). The molecular formula is C18H30N2O4. The number of carboxylic acid groups (broad SMARTS) is 1. The van der Waals surface area contributed by atoms with Gasteiger partial charge in [-0.25, -0.2) is 4.79 Å². The first kappa shape index (κ1) is 20.1. The molecule has 1 aromatic rings. The molecule has 1 aromatic carbocycles. The lowest BCUT2D eigenvalue weighted by atomic mass is 9.87. The number of rotatable bonds is 9. The smallest absolute Gasteiger partial charge is 0.405 e. The van der Waals surface area contributed by atoms with E-state index in [0.717, 1.165) is 11.3 Å². The highest BCUT2D eigenvalue weighted by atomic mass is 16.5. The molecule has 1 amide bonds. The quantitative estimate of drug-likeness (QED) is 0.553. The third kappa shape index (κ3) is 5.03. The Hall–Kier alpha value is -1.95. The van der Waals surface area contributed by atoms with Crippen LogP contribution in [0, 0.1) is 0 Å². The summed E-state index contributed by atoms with van der Waals surface area (Å²) in [6, 6.07) is 5.61. The molecule has 0 saturated heterocycles. The van der Waals surface area contributed by atoms with Crippen molar-refractivity contribution >= 4 is 11.8 Å². The molecule has 136 valence electrons. The van der Waals surface area contributed by atoms with Gasteiger partial charge in [-0.1, -0.05) is 26.0 Å². The third-order valence-corrected chi connectivity index (χ3v) is 4.41. The van der Waals surface area contributed by atoms with Gasteiger partial charge in [0, 0.05) is 17.6 Å². The number of carbonyl (C=O) groups is 1. The Kier molecular flexibility index (Phi) is 6.90. The molecule has 0 aliphatic rings. The minimum atomic E-state index is -1.04. The van der Waals surface area contributed by atoms with E-state index >= 15 is 0 Å². The molecule has 0 aliphatic carbocycles. The van der Waals surface area contributed by atoms with Crippen LogP contribution in [0.5, 0.6) is 5.75 Å². The molecule has 0 aromatic heterocycles. The first-order chi connectivity index (χ1) is 11.2. The molecule has 0 aliphatic heterocycles. The minimum Gasteiger partial charge on any atom is -0.495 e. The summed E-state index contributed by atoms with van der Waals surface area (Å²) in [4.78, 5) is 10.8. The van der Waals surface area contributed by atoms with Crippen LogP contribution < -0.4 is 15.4 Å². The molecule has 24 heavy (non-hydrogen) atoms. The highest BCUT2D eigenvalue weighted by molar-refractivity contribution is 5.66. The molecule has 0 radical (unpaired) electrons. The Bertz CT molecular complexity index is 554. The maximum absolute atomic E-state index is 10.9. The van der Waals surface area contributed by atoms with Crippen molar-refractivity contribution in [2.24, 2.45) is 0 Å². The zero-order valence-electron chi connectivity index (χ0n) is 15.3. The van der Waals surface area contributed by atoms with Gasteiger partial charge < -0.3 is 25.6 Å². The predicted octanol–water partition coefficient (Wildman–Crippen LogP) is 3.55. The number of anilines is 1. The van der Waals surface area contributed by atoms with Gasteiger partial charge in [-0.15, -0.1) is 0 Å². The van der Waals surface area contributed by atoms with Crippen LogP contribution in [0.2, 0.25) is 0 Å². The zero-order valence-corrected chi connectivity index (χ0v) is 15.3. The Balaban J connectivity index is 3.00. The molecule has 1 rings (SSSR count). The predicted molar refractivity (Wildman–Crippen MR) is 95.8 cm³/mol. The average Bonchev–Trinajstić information content (AvgIpc) is 2.52. The molecule has 4 N–H and O–H groups in total. The van der Waals surface area contributed by atoms with Gasteiger partial charge in [0.15, 0.2) is 0 Å². The average molecular weight is 338 g/mol. The molecule has 0 unspecified atom stereocenters. The Morgan fingerprint density at radius 1 is 1.25 bits per heavy atom. The maximum Gasteiger partial charge on any atom is 0.405 e. The van der Waals surface area contributed by atoms with E-state index in [2.05, 4.69) is 10.6 Å². The third-order valence-electron chi connectivity index (χ3n) is 4.41. The van der Waals surface area contributed by atoms with Crippen LogP contribution in [0.15, 0.2) is 18.2 Å². The molecule has 0 fully saturated rings. The Labute approximate surface area is 144 Å². The number of benzene rings is 1. The van der Waals surface area contributed by atoms with E-state index < -0.39 is 17.2 Å². The second-order valence-electron chi connectivity index (χ2n) is 6.61. The molecule has 0 heterocycles. The first-order valence-electron chi connectivity index (χ1n) is 8.34. The number of amides is 1. The molecular weight excluding hydrogens is 308 g/mol. The number of hydrogen-bond donors (Lipinski definition) is 4. The van der Waals surface area contributed by atoms with Crippen LogP contribution in [-0.2, 0) is 5.60 Å². The van der Waals surface area contributed by atoms with Gasteiger partial charge in [0.2, 0.25) is 0 Å².